The summed E-state index contributed by atoms with van der Waals surface area (Å²) >= 11 is 1.48. The molecule has 31 heavy (non-hydrogen) atoms. The number of hydrogen-bond acceptors (Lipinski definition) is 7. The van der Waals surface area contributed by atoms with Crippen molar-refractivity contribution in [2.45, 2.75) is 13.0 Å². The third-order valence-corrected chi connectivity index (χ3v) is 6.13. The predicted molar refractivity (Wildman–Crippen MR) is 116 cm³/mol. The number of methoxy groups -OCH3 is 1. The van der Waals surface area contributed by atoms with Crippen LogP contribution in [-0.4, -0.2) is 57.4 Å². The lowest BCUT2D eigenvalue weighted by atomic mass is 10.1. The molecule has 3 aromatic heterocycles. The van der Waals surface area contributed by atoms with Gasteiger partial charge in [-0.1, -0.05) is 23.4 Å². The zero-order valence-electron chi connectivity index (χ0n) is 17.2. The van der Waals surface area contributed by atoms with Gasteiger partial charge in [0.2, 0.25) is 0 Å². The molecule has 0 saturated carbocycles. The number of rotatable bonds is 4. The molecule has 0 N–H and O–H groups in total. The van der Waals surface area contributed by atoms with Crippen LogP contribution >= 0.6 is 11.3 Å². The molecule has 1 saturated heterocycles. The van der Waals surface area contributed by atoms with Crippen LogP contribution in [0.2, 0.25) is 0 Å². The summed E-state index contributed by atoms with van der Waals surface area (Å²) in [5.41, 5.74) is 4.16. The minimum absolute atomic E-state index is 0.0732. The maximum Gasteiger partial charge on any atom is 0.273 e. The van der Waals surface area contributed by atoms with E-state index in [1.165, 1.54) is 11.3 Å². The van der Waals surface area contributed by atoms with Gasteiger partial charge in [0.25, 0.3) is 5.91 Å². The molecule has 8 nitrogen and oxygen atoms in total. The van der Waals surface area contributed by atoms with Gasteiger partial charge in [0.15, 0.2) is 0 Å². The molecule has 1 aromatic carbocycles. The molecule has 0 aliphatic carbocycles. The molecule has 0 radical (unpaired) electrons. The normalized spacial score (nSPS) is 16.6. The van der Waals surface area contributed by atoms with Crippen molar-refractivity contribution in [2.24, 2.45) is 0 Å². The zero-order valence-corrected chi connectivity index (χ0v) is 18.0. The van der Waals surface area contributed by atoms with E-state index in [2.05, 4.69) is 15.3 Å². The number of ether oxygens (including phenoxy) is 2. The van der Waals surface area contributed by atoms with Gasteiger partial charge in [-0.3, -0.25) is 4.79 Å². The second-order valence-electron chi connectivity index (χ2n) is 7.31. The summed E-state index contributed by atoms with van der Waals surface area (Å²) in [6, 6.07) is 11.9. The smallest absolute Gasteiger partial charge is 0.273 e. The van der Waals surface area contributed by atoms with Crippen LogP contribution in [0.1, 0.15) is 27.3 Å². The molecule has 1 aliphatic rings. The first-order chi connectivity index (χ1) is 15.1. The van der Waals surface area contributed by atoms with Crippen molar-refractivity contribution >= 4 is 22.8 Å². The molecule has 5 rings (SSSR count). The lowest BCUT2D eigenvalue weighted by Gasteiger charge is -2.31. The molecule has 1 fully saturated rings. The Morgan fingerprint density at radius 3 is 2.74 bits per heavy atom. The lowest BCUT2D eigenvalue weighted by molar-refractivity contribution is -0.0242. The number of benzene rings is 1. The van der Waals surface area contributed by atoms with Gasteiger partial charge in [-0.05, 0) is 30.7 Å². The summed E-state index contributed by atoms with van der Waals surface area (Å²) in [6.45, 7) is 3.30. The van der Waals surface area contributed by atoms with Crippen molar-refractivity contribution in [2.75, 3.05) is 26.8 Å². The van der Waals surface area contributed by atoms with E-state index in [0.717, 1.165) is 33.1 Å². The number of aryl methyl sites for hydroxylation is 1. The number of nitrogens with zero attached hydrogens (tertiary/aromatic N) is 5. The highest BCUT2D eigenvalue weighted by Crippen LogP contribution is 2.28. The molecule has 4 aromatic rings. The SMILES string of the molecule is COc1ccc(-c2ccc3c([C@H]4CN(C(=O)c5csc(C)n5)CCO4)nnn3c2)cc1. The average Bonchev–Trinajstić information content (AvgIpc) is 3.44. The minimum atomic E-state index is -0.332. The van der Waals surface area contributed by atoms with Crippen LogP contribution in [0.4, 0.5) is 0 Å². The van der Waals surface area contributed by atoms with Crippen LogP contribution in [0.25, 0.3) is 16.6 Å². The Labute approximate surface area is 183 Å². The lowest BCUT2D eigenvalue weighted by Crippen LogP contribution is -2.42. The Bertz CT molecular complexity index is 1230. The van der Waals surface area contributed by atoms with Crippen LogP contribution in [0, 0.1) is 6.92 Å². The van der Waals surface area contributed by atoms with Gasteiger partial charge in [-0.15, -0.1) is 16.4 Å². The van der Waals surface area contributed by atoms with Crippen LogP contribution in [0.5, 0.6) is 5.75 Å². The number of carbonyl (C=O) groups is 1. The molecule has 1 aliphatic heterocycles. The molecule has 9 heteroatoms. The maximum absolute atomic E-state index is 12.8. The fourth-order valence-electron chi connectivity index (χ4n) is 3.72. The van der Waals surface area contributed by atoms with Crippen LogP contribution in [0.15, 0.2) is 48.0 Å². The van der Waals surface area contributed by atoms with Crippen LogP contribution in [0.3, 0.4) is 0 Å². The molecule has 1 atom stereocenters. The summed E-state index contributed by atoms with van der Waals surface area (Å²) in [5, 5.41) is 11.3. The minimum Gasteiger partial charge on any atom is -0.497 e. The fourth-order valence-corrected chi connectivity index (χ4v) is 4.31. The third kappa shape index (κ3) is 3.77. The number of amides is 1. The van der Waals surface area contributed by atoms with E-state index in [1.807, 2.05) is 49.5 Å². The summed E-state index contributed by atoms with van der Waals surface area (Å²) in [6.07, 6.45) is 1.61. The third-order valence-electron chi connectivity index (χ3n) is 5.36. The van der Waals surface area contributed by atoms with Crippen molar-refractivity contribution in [3.63, 3.8) is 0 Å². The highest BCUT2D eigenvalue weighted by Gasteiger charge is 2.30. The summed E-state index contributed by atoms with van der Waals surface area (Å²) < 4.78 is 12.9. The largest absolute Gasteiger partial charge is 0.497 e. The van der Waals surface area contributed by atoms with Crippen molar-refractivity contribution < 1.29 is 14.3 Å². The highest BCUT2D eigenvalue weighted by molar-refractivity contribution is 7.09. The monoisotopic (exact) mass is 435 g/mol. The number of pyridine rings is 1. The number of fused-ring (bicyclic) bond motifs is 1. The second-order valence-corrected chi connectivity index (χ2v) is 8.38. The van der Waals surface area contributed by atoms with Gasteiger partial charge in [0.05, 0.1) is 30.8 Å². The molecular formula is C22H21N5O3S. The standard InChI is InChI=1S/C22H21N5O3S/c1-14-23-18(13-31-14)22(28)26-9-10-30-20(12-26)21-19-8-5-16(11-27(19)25-24-21)15-3-6-17(29-2)7-4-15/h3-8,11,13,20H,9-10,12H2,1-2H3/t20-/m1/s1. The Morgan fingerprint density at radius 2 is 2.00 bits per heavy atom. The van der Waals surface area contributed by atoms with Gasteiger partial charge in [-0.2, -0.15) is 0 Å². The van der Waals surface area contributed by atoms with Crippen LogP contribution in [-0.2, 0) is 4.74 Å². The maximum atomic E-state index is 12.8. The van der Waals surface area contributed by atoms with Gasteiger partial charge in [0, 0.05) is 23.7 Å². The number of carbonyl (C=O) groups excluding carboxylic acids is 1. The molecule has 0 bridgehead atoms. The molecule has 0 spiro atoms. The van der Waals surface area contributed by atoms with Crippen molar-refractivity contribution in [1.29, 1.82) is 0 Å². The Hall–Kier alpha value is -3.30. The quantitative estimate of drug-likeness (QED) is 0.489. The van der Waals surface area contributed by atoms with E-state index in [4.69, 9.17) is 9.47 Å². The van der Waals surface area contributed by atoms with Gasteiger partial charge >= 0.3 is 0 Å². The topological polar surface area (TPSA) is 81.8 Å². The number of morpholine rings is 1. The van der Waals surface area contributed by atoms with E-state index in [0.29, 0.717) is 25.4 Å². The van der Waals surface area contributed by atoms with E-state index in [9.17, 15) is 4.79 Å². The summed E-state index contributed by atoms with van der Waals surface area (Å²) in [5.74, 6) is 0.741. The Balaban J connectivity index is 1.39. The first-order valence-electron chi connectivity index (χ1n) is 9.95. The van der Waals surface area contributed by atoms with E-state index < -0.39 is 0 Å². The summed E-state index contributed by atoms with van der Waals surface area (Å²) in [4.78, 5) is 18.9. The van der Waals surface area contributed by atoms with Gasteiger partial charge in [-0.25, -0.2) is 9.50 Å². The molecule has 158 valence electrons. The van der Waals surface area contributed by atoms with Gasteiger partial charge < -0.3 is 14.4 Å². The number of hydrogen-bond donors (Lipinski definition) is 0. The molecule has 0 unspecified atom stereocenters. The van der Waals surface area contributed by atoms with E-state index in [-0.39, 0.29) is 12.0 Å². The Morgan fingerprint density at radius 1 is 1.19 bits per heavy atom. The fraction of sp³-hybridized carbons (Fsp3) is 0.273. The zero-order chi connectivity index (χ0) is 21.4. The summed E-state index contributed by atoms with van der Waals surface area (Å²) in [7, 11) is 1.65. The van der Waals surface area contributed by atoms with Crippen molar-refractivity contribution in [3.05, 3.63) is 64.4 Å². The van der Waals surface area contributed by atoms with Gasteiger partial charge in [0.1, 0.15) is 23.2 Å². The predicted octanol–water partition coefficient (Wildman–Crippen LogP) is 3.38. The van der Waals surface area contributed by atoms with Crippen molar-refractivity contribution in [3.8, 4) is 16.9 Å². The van der Waals surface area contributed by atoms with E-state index >= 15 is 0 Å². The number of thiazole rings is 1. The first-order valence-corrected chi connectivity index (χ1v) is 10.8. The number of aromatic nitrogens is 4. The second kappa shape index (κ2) is 8.09. The van der Waals surface area contributed by atoms with Crippen molar-refractivity contribution in [1.82, 2.24) is 24.7 Å². The molecule has 4 heterocycles. The first kappa shape index (κ1) is 19.7. The molecule has 1 amide bonds. The average molecular weight is 436 g/mol. The van der Waals surface area contributed by atoms with Crippen LogP contribution < -0.4 is 4.74 Å². The highest BCUT2D eigenvalue weighted by atomic mass is 32.1. The van der Waals surface area contributed by atoms with E-state index in [1.54, 1.807) is 21.9 Å². The Kier molecular flexibility index (Phi) is 5.13. The molecular weight excluding hydrogens is 414 g/mol.